The number of nitrogens with zero attached hydrogens (tertiary/aromatic N) is 1. The van der Waals surface area contributed by atoms with Crippen molar-refractivity contribution in [2.24, 2.45) is 0 Å². The molecule has 0 spiro atoms. The summed E-state index contributed by atoms with van der Waals surface area (Å²) in [6, 6.07) is 12.1. The van der Waals surface area contributed by atoms with Crippen LogP contribution < -0.4 is 5.32 Å². The van der Waals surface area contributed by atoms with Gasteiger partial charge in [-0.25, -0.2) is 12.8 Å². The van der Waals surface area contributed by atoms with Crippen molar-refractivity contribution in [2.45, 2.75) is 10.9 Å². The summed E-state index contributed by atoms with van der Waals surface area (Å²) < 4.78 is 41.1. The van der Waals surface area contributed by atoms with Crippen molar-refractivity contribution in [1.29, 1.82) is 0 Å². The fraction of sp³-hybridized carbons (Fsp3) is 0.250. The normalized spacial score (nSPS) is 19.7. The second-order valence-corrected chi connectivity index (χ2v) is 7.62. The fourth-order valence-corrected chi connectivity index (χ4v) is 4.63. The Balaban J connectivity index is 2.03. The fourth-order valence-electron chi connectivity index (χ4n) is 2.75. The molecule has 1 aliphatic heterocycles. The van der Waals surface area contributed by atoms with Crippen LogP contribution in [0, 0.1) is 5.82 Å². The third-order valence-corrected chi connectivity index (χ3v) is 6.03. The Morgan fingerprint density at radius 3 is 2.70 bits per heavy atom. The molecule has 1 N–H and O–H groups in total. The monoisotopic (exact) mass is 354 g/mol. The molecule has 1 aliphatic rings. The van der Waals surface area contributed by atoms with Crippen molar-refractivity contribution in [3.8, 4) is 0 Å². The number of rotatable bonds is 3. The van der Waals surface area contributed by atoms with Crippen LogP contribution >= 0.6 is 11.6 Å². The zero-order valence-electron chi connectivity index (χ0n) is 12.2. The lowest BCUT2D eigenvalue weighted by atomic mass is 10.1. The molecule has 1 heterocycles. The van der Waals surface area contributed by atoms with Gasteiger partial charge in [0.15, 0.2) is 0 Å². The number of nitrogens with one attached hydrogen (secondary N) is 1. The molecule has 0 saturated carbocycles. The Kier molecular flexibility index (Phi) is 4.68. The molecule has 0 aromatic heterocycles. The summed E-state index contributed by atoms with van der Waals surface area (Å²) in [5, 5.41) is 3.72. The van der Waals surface area contributed by atoms with Gasteiger partial charge in [0, 0.05) is 24.7 Å². The average molecular weight is 355 g/mol. The van der Waals surface area contributed by atoms with Crippen LogP contribution in [-0.4, -0.2) is 32.4 Å². The van der Waals surface area contributed by atoms with Crippen molar-refractivity contribution >= 4 is 21.6 Å². The summed E-state index contributed by atoms with van der Waals surface area (Å²) in [6.07, 6.45) is 0. The molecule has 4 nitrogen and oxygen atoms in total. The van der Waals surface area contributed by atoms with Crippen molar-refractivity contribution in [3.05, 3.63) is 64.9 Å². The smallest absolute Gasteiger partial charge is 0.246 e. The number of hydrogen-bond donors (Lipinski definition) is 1. The summed E-state index contributed by atoms with van der Waals surface area (Å²) in [5.41, 5.74) is 0.782. The van der Waals surface area contributed by atoms with Gasteiger partial charge in [-0.15, -0.1) is 0 Å². The predicted molar refractivity (Wildman–Crippen MR) is 87.4 cm³/mol. The molecule has 0 radical (unpaired) electrons. The van der Waals surface area contributed by atoms with E-state index < -0.39 is 21.9 Å². The molecule has 1 atom stereocenters. The first-order chi connectivity index (χ1) is 11.0. The summed E-state index contributed by atoms with van der Waals surface area (Å²) in [7, 11) is -3.93. The van der Waals surface area contributed by atoms with Crippen LogP contribution in [-0.2, 0) is 10.0 Å². The molecule has 7 heteroatoms. The van der Waals surface area contributed by atoms with Crippen LogP contribution in [0.5, 0.6) is 0 Å². The highest BCUT2D eigenvalue weighted by Crippen LogP contribution is 2.30. The molecule has 122 valence electrons. The topological polar surface area (TPSA) is 49.4 Å². The molecular weight excluding hydrogens is 339 g/mol. The summed E-state index contributed by atoms with van der Waals surface area (Å²) >= 11 is 6.02. The molecular formula is C16H16ClFN2O2S. The van der Waals surface area contributed by atoms with Gasteiger partial charge in [-0.1, -0.05) is 35.9 Å². The average Bonchev–Trinajstić information content (AvgIpc) is 2.55. The highest BCUT2D eigenvalue weighted by molar-refractivity contribution is 7.89. The highest BCUT2D eigenvalue weighted by Gasteiger charge is 2.35. The van der Waals surface area contributed by atoms with Crippen LogP contribution in [0.15, 0.2) is 53.4 Å². The molecule has 1 unspecified atom stereocenters. The van der Waals surface area contributed by atoms with Crippen LogP contribution in [0.4, 0.5) is 4.39 Å². The number of benzene rings is 2. The van der Waals surface area contributed by atoms with E-state index in [1.54, 1.807) is 18.2 Å². The Morgan fingerprint density at radius 2 is 1.96 bits per heavy atom. The zero-order valence-corrected chi connectivity index (χ0v) is 13.8. The van der Waals surface area contributed by atoms with E-state index >= 15 is 0 Å². The second-order valence-electron chi connectivity index (χ2n) is 5.32. The zero-order chi connectivity index (χ0) is 16.4. The van der Waals surface area contributed by atoms with Crippen molar-refractivity contribution in [2.75, 3.05) is 19.6 Å². The first-order valence-corrected chi connectivity index (χ1v) is 9.04. The first kappa shape index (κ1) is 16.4. The van der Waals surface area contributed by atoms with Gasteiger partial charge in [0.2, 0.25) is 10.0 Å². The molecule has 0 bridgehead atoms. The molecule has 0 aliphatic carbocycles. The van der Waals surface area contributed by atoms with Gasteiger partial charge in [0.05, 0.1) is 6.04 Å². The Labute approximate surface area is 139 Å². The summed E-state index contributed by atoms with van der Waals surface area (Å²) in [5.74, 6) is -0.740. The summed E-state index contributed by atoms with van der Waals surface area (Å²) in [6.45, 7) is 1.24. The first-order valence-electron chi connectivity index (χ1n) is 7.23. The molecule has 3 rings (SSSR count). The second kappa shape index (κ2) is 6.57. The third kappa shape index (κ3) is 3.26. The standard InChI is InChI=1S/C16H16ClFN2O2S/c17-13-5-3-4-12(10-13)15-11-19-8-9-20(15)23(21,22)16-7-2-1-6-14(16)18/h1-7,10,15,19H,8-9,11H2. The minimum Gasteiger partial charge on any atom is -0.313 e. The highest BCUT2D eigenvalue weighted by atomic mass is 35.5. The number of halogens is 2. The quantitative estimate of drug-likeness (QED) is 0.922. The minimum atomic E-state index is -3.93. The maximum Gasteiger partial charge on any atom is 0.246 e. The van der Waals surface area contributed by atoms with Crippen molar-refractivity contribution in [1.82, 2.24) is 9.62 Å². The molecule has 23 heavy (non-hydrogen) atoms. The van der Waals surface area contributed by atoms with Crippen molar-refractivity contribution in [3.63, 3.8) is 0 Å². The van der Waals surface area contributed by atoms with E-state index in [0.717, 1.165) is 11.6 Å². The van der Waals surface area contributed by atoms with E-state index in [1.807, 2.05) is 6.07 Å². The maximum absolute atomic E-state index is 14.0. The predicted octanol–water partition coefficient (Wildman–Crippen LogP) is 2.81. The van der Waals surface area contributed by atoms with E-state index in [-0.39, 0.29) is 11.4 Å². The van der Waals surface area contributed by atoms with Gasteiger partial charge in [0.1, 0.15) is 10.7 Å². The molecule has 1 fully saturated rings. The van der Waals surface area contributed by atoms with Gasteiger partial charge in [-0.3, -0.25) is 0 Å². The van der Waals surface area contributed by atoms with Gasteiger partial charge in [0.25, 0.3) is 0 Å². The number of piperazine rings is 1. The molecule has 2 aromatic rings. The van der Waals surface area contributed by atoms with Crippen LogP contribution in [0.1, 0.15) is 11.6 Å². The lowest BCUT2D eigenvalue weighted by Crippen LogP contribution is -2.48. The molecule has 0 amide bonds. The Hall–Kier alpha value is -1.47. The van der Waals surface area contributed by atoms with Crippen LogP contribution in [0.3, 0.4) is 0 Å². The SMILES string of the molecule is O=S(=O)(c1ccccc1F)N1CCNCC1c1cccc(Cl)c1. The largest absolute Gasteiger partial charge is 0.313 e. The van der Waals surface area contributed by atoms with E-state index in [1.165, 1.54) is 22.5 Å². The van der Waals surface area contributed by atoms with Crippen molar-refractivity contribution < 1.29 is 12.8 Å². The van der Waals surface area contributed by atoms with Crippen LogP contribution in [0.2, 0.25) is 5.02 Å². The maximum atomic E-state index is 14.0. The van der Waals surface area contributed by atoms with Gasteiger partial charge in [-0.05, 0) is 29.8 Å². The minimum absolute atomic E-state index is 0.272. The summed E-state index contributed by atoms with van der Waals surface area (Å²) in [4.78, 5) is -0.297. The number of sulfonamides is 1. The van der Waals surface area contributed by atoms with Gasteiger partial charge in [-0.2, -0.15) is 4.31 Å². The number of hydrogen-bond acceptors (Lipinski definition) is 3. The van der Waals surface area contributed by atoms with E-state index in [0.29, 0.717) is 18.1 Å². The lowest BCUT2D eigenvalue weighted by Gasteiger charge is -2.35. The van der Waals surface area contributed by atoms with Gasteiger partial charge >= 0.3 is 0 Å². The molecule has 2 aromatic carbocycles. The van der Waals surface area contributed by atoms with E-state index in [4.69, 9.17) is 11.6 Å². The van der Waals surface area contributed by atoms with Gasteiger partial charge < -0.3 is 5.32 Å². The Morgan fingerprint density at radius 1 is 1.17 bits per heavy atom. The van der Waals surface area contributed by atoms with Crippen LogP contribution in [0.25, 0.3) is 0 Å². The van der Waals surface area contributed by atoms with E-state index in [9.17, 15) is 12.8 Å². The molecule has 1 saturated heterocycles. The lowest BCUT2D eigenvalue weighted by molar-refractivity contribution is 0.270. The van der Waals surface area contributed by atoms with E-state index in [2.05, 4.69) is 5.32 Å². The third-order valence-electron chi connectivity index (χ3n) is 3.85. The Bertz CT molecular complexity index is 813.